The van der Waals surface area contributed by atoms with Gasteiger partial charge in [0.25, 0.3) is 0 Å². The summed E-state index contributed by atoms with van der Waals surface area (Å²) in [5.74, 6) is 0.0682. The summed E-state index contributed by atoms with van der Waals surface area (Å²) in [6.45, 7) is 0. The van der Waals surface area contributed by atoms with Crippen molar-refractivity contribution in [1.82, 2.24) is 10.2 Å². The molecule has 14 heavy (non-hydrogen) atoms. The Morgan fingerprint density at radius 2 is 1.86 bits per heavy atom. The van der Waals surface area contributed by atoms with Crippen molar-refractivity contribution < 1.29 is 4.79 Å². The van der Waals surface area contributed by atoms with Crippen LogP contribution in [0.2, 0.25) is 0 Å². The summed E-state index contributed by atoms with van der Waals surface area (Å²) in [5.41, 5.74) is 0.994. The highest BCUT2D eigenvalue weighted by Crippen LogP contribution is 2.13. The van der Waals surface area contributed by atoms with Gasteiger partial charge in [-0.1, -0.05) is 30.3 Å². The average molecular weight is 192 g/mol. The van der Waals surface area contributed by atoms with E-state index in [0.717, 1.165) is 5.56 Å². The van der Waals surface area contributed by atoms with E-state index < -0.39 is 0 Å². The smallest absolute Gasteiger partial charge is 0.243 e. The quantitative estimate of drug-likeness (QED) is 0.776. The van der Waals surface area contributed by atoms with Crippen LogP contribution in [-0.2, 0) is 4.79 Å². The van der Waals surface area contributed by atoms with Crippen LogP contribution in [0.1, 0.15) is 11.6 Å². The van der Waals surface area contributed by atoms with Gasteiger partial charge in [0.1, 0.15) is 6.04 Å². The molecule has 0 fully saturated rings. The molecule has 1 aromatic carbocycles. The molecular formula is C11H16N2O. The number of nitrogens with zero attached hydrogens (tertiary/aromatic N) is 1. The van der Waals surface area contributed by atoms with Crippen LogP contribution < -0.4 is 5.32 Å². The lowest BCUT2D eigenvalue weighted by molar-refractivity contribution is -0.130. The molecule has 0 bridgehead atoms. The minimum absolute atomic E-state index is 0.0682. The Kier molecular flexibility index (Phi) is 3.65. The van der Waals surface area contributed by atoms with Gasteiger partial charge in [-0.25, -0.2) is 0 Å². The van der Waals surface area contributed by atoms with Crippen LogP contribution in [0.15, 0.2) is 30.3 Å². The zero-order valence-electron chi connectivity index (χ0n) is 8.82. The van der Waals surface area contributed by atoms with Crippen molar-refractivity contribution in [3.8, 4) is 0 Å². The van der Waals surface area contributed by atoms with Gasteiger partial charge in [0.2, 0.25) is 5.91 Å². The molecule has 1 N–H and O–H groups in total. The van der Waals surface area contributed by atoms with Gasteiger partial charge in [0.05, 0.1) is 0 Å². The number of likely N-dealkylation sites (N-methyl/N-ethyl adjacent to an activating group) is 2. The van der Waals surface area contributed by atoms with Crippen LogP contribution in [0.25, 0.3) is 0 Å². The molecular weight excluding hydrogens is 176 g/mol. The largest absolute Gasteiger partial charge is 0.347 e. The molecule has 1 atom stereocenters. The molecule has 1 aromatic rings. The molecule has 0 aliphatic carbocycles. The summed E-state index contributed by atoms with van der Waals surface area (Å²) < 4.78 is 0. The summed E-state index contributed by atoms with van der Waals surface area (Å²) >= 11 is 0. The first kappa shape index (κ1) is 10.7. The van der Waals surface area contributed by atoms with E-state index in [-0.39, 0.29) is 11.9 Å². The van der Waals surface area contributed by atoms with Gasteiger partial charge in [0.15, 0.2) is 0 Å². The summed E-state index contributed by atoms with van der Waals surface area (Å²) in [6, 6.07) is 9.46. The van der Waals surface area contributed by atoms with Crippen molar-refractivity contribution in [2.75, 3.05) is 21.1 Å². The molecule has 0 radical (unpaired) electrons. The molecule has 0 aliphatic rings. The summed E-state index contributed by atoms with van der Waals surface area (Å²) in [7, 11) is 5.31. The first-order valence-electron chi connectivity index (χ1n) is 4.60. The summed E-state index contributed by atoms with van der Waals surface area (Å²) in [5, 5.41) is 3.01. The van der Waals surface area contributed by atoms with Crippen LogP contribution in [0, 0.1) is 0 Å². The Balaban J connectivity index is 2.88. The van der Waals surface area contributed by atoms with Gasteiger partial charge in [-0.2, -0.15) is 0 Å². The van der Waals surface area contributed by atoms with Crippen LogP contribution in [-0.4, -0.2) is 32.0 Å². The molecule has 1 rings (SSSR count). The number of hydrogen-bond acceptors (Lipinski definition) is 2. The molecule has 0 spiro atoms. The number of amides is 1. The molecule has 76 valence electrons. The van der Waals surface area contributed by atoms with E-state index >= 15 is 0 Å². The van der Waals surface area contributed by atoms with Gasteiger partial charge in [-0.3, -0.25) is 4.79 Å². The molecule has 0 aliphatic heterocycles. The van der Waals surface area contributed by atoms with E-state index in [9.17, 15) is 4.79 Å². The fraction of sp³-hybridized carbons (Fsp3) is 0.364. The highest BCUT2D eigenvalue weighted by atomic mass is 16.2. The monoisotopic (exact) mass is 192 g/mol. The Morgan fingerprint density at radius 3 is 2.29 bits per heavy atom. The van der Waals surface area contributed by atoms with Gasteiger partial charge >= 0.3 is 0 Å². The number of nitrogens with one attached hydrogen (secondary N) is 1. The zero-order valence-corrected chi connectivity index (χ0v) is 8.82. The second kappa shape index (κ2) is 4.77. The number of carbonyl (C=O) groups excluding carboxylic acids is 1. The molecule has 1 amide bonds. The highest BCUT2D eigenvalue weighted by Gasteiger charge is 2.19. The molecule has 3 heteroatoms. The van der Waals surface area contributed by atoms with Crippen molar-refractivity contribution >= 4 is 5.91 Å². The van der Waals surface area contributed by atoms with Crippen LogP contribution >= 0.6 is 0 Å². The van der Waals surface area contributed by atoms with Crippen LogP contribution in [0.3, 0.4) is 0 Å². The third-order valence-corrected chi connectivity index (χ3v) is 2.11. The number of benzene rings is 1. The Bertz CT molecular complexity index is 295. The fourth-order valence-corrected chi connectivity index (χ4v) is 1.34. The van der Waals surface area contributed by atoms with Gasteiger partial charge in [-0.05, 0) is 12.6 Å². The van der Waals surface area contributed by atoms with Crippen molar-refractivity contribution in [2.24, 2.45) is 0 Å². The van der Waals surface area contributed by atoms with E-state index in [1.807, 2.05) is 30.3 Å². The molecule has 0 unspecified atom stereocenters. The third kappa shape index (κ3) is 2.33. The summed E-state index contributed by atoms with van der Waals surface area (Å²) in [6.07, 6.45) is 0. The third-order valence-electron chi connectivity index (χ3n) is 2.11. The van der Waals surface area contributed by atoms with E-state index in [1.165, 1.54) is 0 Å². The molecule has 0 saturated heterocycles. The minimum Gasteiger partial charge on any atom is -0.347 e. The van der Waals surface area contributed by atoms with E-state index in [4.69, 9.17) is 0 Å². The van der Waals surface area contributed by atoms with E-state index in [1.54, 1.807) is 26.0 Å². The lowest BCUT2D eigenvalue weighted by atomic mass is 10.1. The SMILES string of the molecule is CN[C@@H](C(=O)N(C)C)c1ccccc1. The van der Waals surface area contributed by atoms with Gasteiger partial charge in [-0.15, -0.1) is 0 Å². The second-order valence-electron chi connectivity index (χ2n) is 3.37. The number of rotatable bonds is 3. The lowest BCUT2D eigenvalue weighted by Gasteiger charge is -2.20. The average Bonchev–Trinajstić information content (AvgIpc) is 2.20. The molecule has 0 saturated carbocycles. The van der Waals surface area contributed by atoms with E-state index in [0.29, 0.717) is 0 Å². The first-order chi connectivity index (χ1) is 6.66. The molecule has 0 heterocycles. The Morgan fingerprint density at radius 1 is 1.29 bits per heavy atom. The maximum Gasteiger partial charge on any atom is 0.243 e. The molecule has 3 nitrogen and oxygen atoms in total. The maximum absolute atomic E-state index is 11.7. The normalized spacial score (nSPS) is 12.2. The number of carbonyl (C=O) groups is 1. The van der Waals surface area contributed by atoms with Crippen molar-refractivity contribution in [1.29, 1.82) is 0 Å². The van der Waals surface area contributed by atoms with Crippen molar-refractivity contribution in [3.63, 3.8) is 0 Å². The van der Waals surface area contributed by atoms with Crippen LogP contribution in [0.4, 0.5) is 0 Å². The number of hydrogen-bond donors (Lipinski definition) is 1. The minimum atomic E-state index is -0.244. The van der Waals surface area contributed by atoms with Gasteiger partial charge < -0.3 is 10.2 Å². The van der Waals surface area contributed by atoms with Gasteiger partial charge in [0, 0.05) is 14.1 Å². The van der Waals surface area contributed by atoms with Crippen molar-refractivity contribution in [3.05, 3.63) is 35.9 Å². The predicted octanol–water partition coefficient (Wildman–Crippen LogP) is 1.04. The van der Waals surface area contributed by atoms with Crippen molar-refractivity contribution in [2.45, 2.75) is 6.04 Å². The second-order valence-corrected chi connectivity index (χ2v) is 3.37. The van der Waals surface area contributed by atoms with E-state index in [2.05, 4.69) is 5.32 Å². The lowest BCUT2D eigenvalue weighted by Crippen LogP contribution is -2.35. The fourth-order valence-electron chi connectivity index (χ4n) is 1.34. The zero-order chi connectivity index (χ0) is 10.6. The first-order valence-corrected chi connectivity index (χ1v) is 4.60. The molecule has 0 aromatic heterocycles. The Hall–Kier alpha value is -1.35. The highest BCUT2D eigenvalue weighted by molar-refractivity contribution is 5.82. The predicted molar refractivity (Wildman–Crippen MR) is 56.9 cm³/mol. The Labute approximate surface area is 84.7 Å². The standard InChI is InChI=1S/C11H16N2O/c1-12-10(11(14)13(2)3)9-7-5-4-6-8-9/h4-8,10,12H,1-3H3/t10-/m1/s1. The maximum atomic E-state index is 11.7. The van der Waals surface area contributed by atoms with Crippen LogP contribution in [0.5, 0.6) is 0 Å². The topological polar surface area (TPSA) is 32.3 Å². The summed E-state index contributed by atoms with van der Waals surface area (Å²) in [4.78, 5) is 13.3.